The normalized spacial score (nSPS) is 10.1. The van der Waals surface area contributed by atoms with E-state index in [1.165, 1.54) is 0 Å². The molecule has 126 valence electrons. The van der Waals surface area contributed by atoms with Gasteiger partial charge in [-0.3, -0.25) is 0 Å². The van der Waals surface area contributed by atoms with Crippen LogP contribution in [0.1, 0.15) is 15.9 Å². The van der Waals surface area contributed by atoms with E-state index in [-0.39, 0.29) is 6.79 Å². The predicted octanol–water partition coefficient (Wildman–Crippen LogP) is 4.63. The van der Waals surface area contributed by atoms with Crippen molar-refractivity contribution in [3.05, 3.63) is 90.0 Å². The van der Waals surface area contributed by atoms with Crippen molar-refractivity contribution in [2.24, 2.45) is 0 Å². The van der Waals surface area contributed by atoms with Gasteiger partial charge < -0.3 is 14.2 Å². The zero-order chi connectivity index (χ0) is 17.5. The minimum atomic E-state index is -0.434. The van der Waals surface area contributed by atoms with Gasteiger partial charge in [0.2, 0.25) is 6.79 Å². The van der Waals surface area contributed by atoms with E-state index in [1.807, 2.05) is 49.4 Å². The average Bonchev–Trinajstić information content (AvgIpc) is 2.63. The Bertz CT molecular complexity index is 843. The molecule has 0 radical (unpaired) electrons. The summed E-state index contributed by atoms with van der Waals surface area (Å²) in [6, 6.07) is 23.5. The summed E-state index contributed by atoms with van der Waals surface area (Å²) in [4.78, 5) is 12.2. The summed E-state index contributed by atoms with van der Waals surface area (Å²) in [6.07, 6.45) is 0. The first-order chi connectivity index (χ1) is 12.2. The van der Waals surface area contributed by atoms with Crippen LogP contribution in [0.15, 0.2) is 78.9 Å². The molecule has 0 aliphatic carbocycles. The number of carbonyl (C=O) groups excluding carboxylic acids is 1. The van der Waals surface area contributed by atoms with Gasteiger partial charge in [0.15, 0.2) is 0 Å². The summed E-state index contributed by atoms with van der Waals surface area (Å²) in [5.74, 6) is 1.34. The minimum absolute atomic E-state index is 0.0562. The van der Waals surface area contributed by atoms with E-state index in [0.29, 0.717) is 17.1 Å². The number of para-hydroxylation sites is 1. The lowest BCUT2D eigenvalue weighted by molar-refractivity contribution is 0.0732. The quantitative estimate of drug-likeness (QED) is 0.374. The van der Waals surface area contributed by atoms with Crippen LogP contribution < -0.4 is 14.2 Å². The van der Waals surface area contributed by atoms with E-state index in [4.69, 9.17) is 14.2 Å². The highest BCUT2D eigenvalue weighted by Crippen LogP contribution is 2.18. The molecule has 0 aromatic heterocycles. The van der Waals surface area contributed by atoms with Crippen LogP contribution in [-0.2, 0) is 0 Å². The maximum Gasteiger partial charge on any atom is 0.343 e. The van der Waals surface area contributed by atoms with Crippen LogP contribution in [0.4, 0.5) is 0 Å². The van der Waals surface area contributed by atoms with Gasteiger partial charge in [0.25, 0.3) is 0 Å². The summed E-state index contributed by atoms with van der Waals surface area (Å²) in [5, 5.41) is 0. The number of ether oxygens (including phenoxy) is 3. The molecule has 0 aliphatic heterocycles. The molecule has 0 bridgehead atoms. The summed E-state index contributed by atoms with van der Waals surface area (Å²) in [7, 11) is 0. The molecule has 3 rings (SSSR count). The van der Waals surface area contributed by atoms with Crippen molar-refractivity contribution in [3.8, 4) is 17.2 Å². The van der Waals surface area contributed by atoms with E-state index in [2.05, 4.69) is 0 Å². The molecular formula is C21H18O4. The van der Waals surface area contributed by atoms with Crippen LogP contribution in [0, 0.1) is 6.92 Å². The van der Waals surface area contributed by atoms with Crippen molar-refractivity contribution < 1.29 is 19.0 Å². The molecule has 3 aromatic carbocycles. The Balaban J connectivity index is 1.58. The maximum atomic E-state index is 12.2. The van der Waals surface area contributed by atoms with Gasteiger partial charge in [0.05, 0.1) is 5.56 Å². The molecule has 0 saturated heterocycles. The molecular weight excluding hydrogens is 316 g/mol. The molecule has 0 atom stereocenters. The van der Waals surface area contributed by atoms with Gasteiger partial charge in [-0.25, -0.2) is 4.79 Å². The molecule has 3 aromatic rings. The number of rotatable bonds is 6. The summed E-state index contributed by atoms with van der Waals surface area (Å²) < 4.78 is 16.4. The van der Waals surface area contributed by atoms with Crippen LogP contribution in [-0.4, -0.2) is 12.8 Å². The van der Waals surface area contributed by atoms with Crippen LogP contribution in [0.25, 0.3) is 0 Å². The molecule has 0 fully saturated rings. The molecule has 25 heavy (non-hydrogen) atoms. The monoisotopic (exact) mass is 334 g/mol. The summed E-state index contributed by atoms with van der Waals surface area (Å²) in [5.41, 5.74) is 1.53. The molecule has 0 heterocycles. The van der Waals surface area contributed by atoms with E-state index in [0.717, 1.165) is 11.3 Å². The Hall–Kier alpha value is -3.27. The minimum Gasteiger partial charge on any atom is -0.457 e. The smallest absolute Gasteiger partial charge is 0.343 e. The number of hydrogen-bond acceptors (Lipinski definition) is 4. The third kappa shape index (κ3) is 4.85. The fourth-order valence-electron chi connectivity index (χ4n) is 2.24. The number of carbonyl (C=O) groups is 1. The first-order valence-corrected chi connectivity index (χ1v) is 7.90. The average molecular weight is 334 g/mol. The fourth-order valence-corrected chi connectivity index (χ4v) is 2.24. The van der Waals surface area contributed by atoms with Crippen molar-refractivity contribution in [1.29, 1.82) is 0 Å². The fraction of sp³-hybridized carbons (Fsp3) is 0.0952. The lowest BCUT2D eigenvalue weighted by atomic mass is 10.2. The summed E-state index contributed by atoms with van der Waals surface area (Å²) >= 11 is 0. The lowest BCUT2D eigenvalue weighted by Crippen LogP contribution is -2.10. The standard InChI is InChI=1S/C21H18O4/c1-16-7-5-11-19(13-16)23-15-24-20-12-6-8-17(14-20)21(22)25-18-9-3-2-4-10-18/h2-14H,15H2,1H3. The van der Waals surface area contributed by atoms with E-state index >= 15 is 0 Å². The van der Waals surface area contributed by atoms with Crippen LogP contribution in [0.3, 0.4) is 0 Å². The first-order valence-electron chi connectivity index (χ1n) is 7.90. The number of hydrogen-bond donors (Lipinski definition) is 0. The Labute approximate surface area is 146 Å². The van der Waals surface area contributed by atoms with Crippen LogP contribution >= 0.6 is 0 Å². The van der Waals surface area contributed by atoms with Crippen molar-refractivity contribution in [3.63, 3.8) is 0 Å². The van der Waals surface area contributed by atoms with Crippen molar-refractivity contribution in [2.75, 3.05) is 6.79 Å². The Morgan fingerprint density at radius 3 is 2.12 bits per heavy atom. The third-order valence-electron chi connectivity index (χ3n) is 3.46. The van der Waals surface area contributed by atoms with Crippen molar-refractivity contribution in [2.45, 2.75) is 6.92 Å². The highest BCUT2D eigenvalue weighted by atomic mass is 16.7. The second-order valence-electron chi connectivity index (χ2n) is 5.45. The maximum absolute atomic E-state index is 12.2. The van der Waals surface area contributed by atoms with Gasteiger partial charge in [-0.15, -0.1) is 0 Å². The van der Waals surface area contributed by atoms with Gasteiger partial charge >= 0.3 is 5.97 Å². The Morgan fingerprint density at radius 2 is 1.40 bits per heavy atom. The molecule has 0 aliphatic rings. The molecule has 0 amide bonds. The van der Waals surface area contributed by atoms with Gasteiger partial charge in [-0.05, 0) is 55.0 Å². The van der Waals surface area contributed by atoms with E-state index < -0.39 is 5.97 Å². The SMILES string of the molecule is Cc1cccc(OCOc2cccc(C(=O)Oc3ccccc3)c2)c1. The second-order valence-corrected chi connectivity index (χ2v) is 5.45. The van der Waals surface area contributed by atoms with Crippen LogP contribution in [0.2, 0.25) is 0 Å². The van der Waals surface area contributed by atoms with Gasteiger partial charge in [-0.2, -0.15) is 0 Å². The highest BCUT2D eigenvalue weighted by Gasteiger charge is 2.09. The van der Waals surface area contributed by atoms with Crippen LogP contribution in [0.5, 0.6) is 17.2 Å². The van der Waals surface area contributed by atoms with Gasteiger partial charge in [-0.1, -0.05) is 36.4 Å². The zero-order valence-electron chi connectivity index (χ0n) is 13.8. The van der Waals surface area contributed by atoms with Crippen molar-refractivity contribution in [1.82, 2.24) is 0 Å². The molecule has 0 unspecified atom stereocenters. The Morgan fingerprint density at radius 1 is 0.760 bits per heavy atom. The largest absolute Gasteiger partial charge is 0.457 e. The Kier molecular flexibility index (Phi) is 5.32. The molecule has 4 heteroatoms. The molecule has 4 nitrogen and oxygen atoms in total. The van der Waals surface area contributed by atoms with Gasteiger partial charge in [0, 0.05) is 0 Å². The molecule has 0 N–H and O–H groups in total. The number of benzene rings is 3. The zero-order valence-corrected chi connectivity index (χ0v) is 13.8. The lowest BCUT2D eigenvalue weighted by Gasteiger charge is -2.10. The molecule has 0 saturated carbocycles. The van der Waals surface area contributed by atoms with Gasteiger partial charge in [0.1, 0.15) is 17.2 Å². The number of esters is 1. The topological polar surface area (TPSA) is 44.8 Å². The van der Waals surface area contributed by atoms with E-state index in [1.54, 1.807) is 36.4 Å². The highest BCUT2D eigenvalue weighted by molar-refractivity contribution is 5.91. The number of aryl methyl sites for hydroxylation is 1. The third-order valence-corrected chi connectivity index (χ3v) is 3.46. The summed E-state index contributed by atoms with van der Waals surface area (Å²) in [6.45, 7) is 2.05. The first kappa shape index (κ1) is 16.6. The van der Waals surface area contributed by atoms with Crippen molar-refractivity contribution >= 4 is 5.97 Å². The predicted molar refractivity (Wildman–Crippen MR) is 95.1 cm³/mol. The van der Waals surface area contributed by atoms with E-state index in [9.17, 15) is 4.79 Å². The molecule has 0 spiro atoms. The second kappa shape index (κ2) is 8.02.